The molecule has 4 heteroatoms. The molecule has 0 bridgehead atoms. The van der Waals surface area contributed by atoms with E-state index in [0.29, 0.717) is 0 Å². The van der Waals surface area contributed by atoms with Gasteiger partial charge in [-0.2, -0.15) is 0 Å². The van der Waals surface area contributed by atoms with Gasteiger partial charge < -0.3 is 9.84 Å². The molecule has 0 heterocycles. The van der Waals surface area contributed by atoms with Crippen molar-refractivity contribution in [1.82, 2.24) is 4.90 Å². The Balaban J connectivity index is 2.71. The molecule has 0 aliphatic carbocycles. The Hall–Kier alpha value is -2.07. The molecule has 0 amide bonds. The summed E-state index contributed by atoms with van der Waals surface area (Å²) in [4.78, 5) is 13.2. The molecule has 100 valence electrons. The van der Waals surface area contributed by atoms with E-state index in [4.69, 9.17) is 4.74 Å². The summed E-state index contributed by atoms with van der Waals surface area (Å²) >= 11 is 0. The fourth-order valence-electron chi connectivity index (χ4n) is 2.34. The minimum atomic E-state index is -0.861. The van der Waals surface area contributed by atoms with Gasteiger partial charge in [0.2, 0.25) is 0 Å². The van der Waals surface area contributed by atoms with Crippen molar-refractivity contribution in [3.05, 3.63) is 42.0 Å². The van der Waals surface area contributed by atoms with Crippen molar-refractivity contribution in [2.75, 3.05) is 21.2 Å². The maximum absolute atomic E-state index is 11.5. The molecule has 1 atom stereocenters. The number of rotatable bonds is 4. The van der Waals surface area contributed by atoms with E-state index in [2.05, 4.69) is 0 Å². The van der Waals surface area contributed by atoms with E-state index in [0.717, 1.165) is 22.1 Å². The lowest BCUT2D eigenvalue weighted by Gasteiger charge is -2.22. The lowest BCUT2D eigenvalue weighted by Crippen LogP contribution is -2.27. The van der Waals surface area contributed by atoms with Crippen molar-refractivity contribution in [3.63, 3.8) is 0 Å². The van der Waals surface area contributed by atoms with Gasteiger partial charge in [-0.1, -0.05) is 30.3 Å². The van der Waals surface area contributed by atoms with Gasteiger partial charge in [0.05, 0.1) is 7.11 Å². The molecule has 0 fully saturated rings. The first-order chi connectivity index (χ1) is 9.06. The minimum absolute atomic E-state index is 0.671. The maximum Gasteiger partial charge on any atom is 0.325 e. The molecule has 0 radical (unpaired) electrons. The Kier molecular flexibility index (Phi) is 3.71. The first kappa shape index (κ1) is 13.4. The van der Waals surface area contributed by atoms with Crippen LogP contribution in [0, 0.1) is 0 Å². The van der Waals surface area contributed by atoms with Crippen molar-refractivity contribution >= 4 is 16.7 Å². The number of ether oxygens (including phenoxy) is 1. The number of hydrogen-bond donors (Lipinski definition) is 1. The molecule has 0 aliphatic heterocycles. The second-order valence-electron chi connectivity index (χ2n) is 4.61. The first-order valence-corrected chi connectivity index (χ1v) is 6.01. The zero-order valence-electron chi connectivity index (χ0n) is 11.3. The molecule has 0 aliphatic rings. The standard InChI is InChI=1S/C15H17NO3/c1-16(2)14(15(17)18)12-8-9-13(19-3)11-7-5-4-6-10(11)12/h4-9,14H,1-3H3,(H,17,18). The SMILES string of the molecule is COc1ccc(C(C(=O)O)N(C)C)c2ccccc12. The van der Waals surface area contributed by atoms with E-state index in [-0.39, 0.29) is 0 Å². The average molecular weight is 259 g/mol. The normalized spacial score (nSPS) is 12.6. The van der Waals surface area contributed by atoms with Crippen LogP contribution in [0.25, 0.3) is 10.8 Å². The minimum Gasteiger partial charge on any atom is -0.496 e. The van der Waals surface area contributed by atoms with Gasteiger partial charge in [-0.3, -0.25) is 9.69 Å². The van der Waals surface area contributed by atoms with Gasteiger partial charge in [0.25, 0.3) is 0 Å². The Labute approximate surface area is 112 Å². The van der Waals surface area contributed by atoms with Crippen LogP contribution in [0.2, 0.25) is 0 Å². The Morgan fingerprint density at radius 2 is 1.79 bits per heavy atom. The molecule has 0 aromatic heterocycles. The van der Waals surface area contributed by atoms with E-state index >= 15 is 0 Å². The predicted octanol–water partition coefficient (Wildman–Crippen LogP) is 2.54. The van der Waals surface area contributed by atoms with Gasteiger partial charge in [-0.25, -0.2) is 0 Å². The van der Waals surface area contributed by atoms with Crippen LogP contribution in [0.1, 0.15) is 11.6 Å². The number of nitrogens with zero attached hydrogens (tertiary/aromatic N) is 1. The van der Waals surface area contributed by atoms with E-state index in [1.165, 1.54) is 0 Å². The van der Waals surface area contributed by atoms with Gasteiger partial charge >= 0.3 is 5.97 Å². The maximum atomic E-state index is 11.5. The Bertz CT molecular complexity index is 607. The predicted molar refractivity (Wildman–Crippen MR) is 74.6 cm³/mol. The molecule has 2 aromatic rings. The highest BCUT2D eigenvalue weighted by atomic mass is 16.5. The summed E-state index contributed by atoms with van der Waals surface area (Å²) in [6.07, 6.45) is 0. The third-order valence-electron chi connectivity index (χ3n) is 3.18. The molecule has 0 saturated carbocycles. The van der Waals surface area contributed by atoms with Gasteiger partial charge in [-0.15, -0.1) is 0 Å². The number of hydrogen-bond acceptors (Lipinski definition) is 3. The molecular formula is C15H17NO3. The molecule has 19 heavy (non-hydrogen) atoms. The molecule has 1 unspecified atom stereocenters. The molecule has 4 nitrogen and oxygen atoms in total. The van der Waals surface area contributed by atoms with E-state index in [9.17, 15) is 9.90 Å². The summed E-state index contributed by atoms with van der Waals surface area (Å²) < 4.78 is 5.32. The average Bonchev–Trinajstić information content (AvgIpc) is 2.38. The number of aliphatic carboxylic acids is 1. The van der Waals surface area contributed by atoms with Gasteiger partial charge in [0, 0.05) is 5.39 Å². The van der Waals surface area contributed by atoms with Gasteiger partial charge in [0.15, 0.2) is 0 Å². The van der Waals surface area contributed by atoms with Crippen LogP contribution < -0.4 is 4.74 Å². The van der Waals surface area contributed by atoms with Crippen LogP contribution in [-0.4, -0.2) is 37.2 Å². The molecule has 0 saturated heterocycles. The summed E-state index contributed by atoms with van der Waals surface area (Å²) in [7, 11) is 5.14. The summed E-state index contributed by atoms with van der Waals surface area (Å²) in [6, 6.07) is 10.6. The van der Waals surface area contributed by atoms with Crippen LogP contribution in [0.4, 0.5) is 0 Å². The second-order valence-corrected chi connectivity index (χ2v) is 4.61. The molecule has 2 rings (SSSR count). The van der Waals surface area contributed by atoms with Crippen molar-refractivity contribution in [2.24, 2.45) is 0 Å². The topological polar surface area (TPSA) is 49.8 Å². The van der Waals surface area contributed by atoms with E-state index in [1.807, 2.05) is 36.4 Å². The van der Waals surface area contributed by atoms with Crippen LogP contribution in [0.5, 0.6) is 5.75 Å². The number of methoxy groups -OCH3 is 1. The fourth-order valence-corrected chi connectivity index (χ4v) is 2.34. The second kappa shape index (κ2) is 5.28. The van der Waals surface area contributed by atoms with Crippen molar-refractivity contribution in [2.45, 2.75) is 6.04 Å². The van der Waals surface area contributed by atoms with Gasteiger partial charge in [0.1, 0.15) is 11.8 Å². The summed E-state index contributed by atoms with van der Waals surface area (Å²) in [5.41, 5.74) is 0.772. The van der Waals surface area contributed by atoms with E-state index < -0.39 is 12.0 Å². The number of likely N-dealkylation sites (N-methyl/N-ethyl adjacent to an activating group) is 1. The Morgan fingerprint density at radius 1 is 1.16 bits per heavy atom. The number of carboxylic acid groups (broad SMARTS) is 1. The fraction of sp³-hybridized carbons (Fsp3) is 0.267. The van der Waals surface area contributed by atoms with Crippen molar-refractivity contribution in [1.29, 1.82) is 0 Å². The largest absolute Gasteiger partial charge is 0.496 e. The number of benzene rings is 2. The lowest BCUT2D eigenvalue weighted by atomic mass is 9.97. The smallest absolute Gasteiger partial charge is 0.325 e. The highest BCUT2D eigenvalue weighted by Crippen LogP contribution is 2.33. The Morgan fingerprint density at radius 3 is 2.32 bits per heavy atom. The third-order valence-corrected chi connectivity index (χ3v) is 3.18. The highest BCUT2D eigenvalue weighted by molar-refractivity contribution is 5.94. The number of carboxylic acids is 1. The van der Waals surface area contributed by atoms with Crippen LogP contribution >= 0.6 is 0 Å². The monoisotopic (exact) mass is 259 g/mol. The quantitative estimate of drug-likeness (QED) is 0.916. The van der Waals surface area contributed by atoms with E-state index in [1.54, 1.807) is 26.1 Å². The molecule has 0 spiro atoms. The van der Waals surface area contributed by atoms with Crippen LogP contribution in [0.3, 0.4) is 0 Å². The van der Waals surface area contributed by atoms with Crippen molar-refractivity contribution in [3.8, 4) is 5.75 Å². The zero-order chi connectivity index (χ0) is 14.0. The summed E-state index contributed by atoms with van der Waals surface area (Å²) in [5, 5.41) is 11.2. The van der Waals surface area contributed by atoms with Gasteiger partial charge in [-0.05, 0) is 31.1 Å². The molecular weight excluding hydrogens is 242 g/mol. The molecule has 2 aromatic carbocycles. The zero-order valence-corrected chi connectivity index (χ0v) is 11.3. The van der Waals surface area contributed by atoms with Crippen LogP contribution in [0.15, 0.2) is 36.4 Å². The highest BCUT2D eigenvalue weighted by Gasteiger charge is 2.24. The molecule has 1 N–H and O–H groups in total. The first-order valence-electron chi connectivity index (χ1n) is 6.01. The third kappa shape index (κ3) is 2.39. The lowest BCUT2D eigenvalue weighted by molar-refractivity contribution is -0.142. The number of carbonyl (C=O) groups is 1. The summed E-state index contributed by atoms with van der Waals surface area (Å²) in [6.45, 7) is 0. The van der Waals surface area contributed by atoms with Crippen LogP contribution in [-0.2, 0) is 4.79 Å². The summed E-state index contributed by atoms with van der Waals surface area (Å²) in [5.74, 6) is -0.109. The van der Waals surface area contributed by atoms with Crippen molar-refractivity contribution < 1.29 is 14.6 Å². The number of fused-ring (bicyclic) bond motifs is 1.